The molecule has 2 aliphatic rings. The molecular weight excluding hydrogens is 536 g/mol. The van der Waals surface area contributed by atoms with Gasteiger partial charge in [-0.3, -0.25) is 0 Å². The monoisotopic (exact) mass is 570 g/mol. The average molecular weight is 571 g/mol. The van der Waals surface area contributed by atoms with Crippen LogP contribution < -0.4 is 19.6 Å². The molecule has 0 amide bonds. The van der Waals surface area contributed by atoms with Crippen molar-refractivity contribution in [3.8, 4) is 0 Å². The molecule has 0 saturated carbocycles. The lowest BCUT2D eigenvalue weighted by Gasteiger charge is -2.44. The van der Waals surface area contributed by atoms with E-state index in [4.69, 9.17) is 0 Å². The average Bonchev–Trinajstić information content (AvgIpc) is 3.58. The number of rotatable bonds is 5. The Balaban J connectivity index is 1.45. The van der Waals surface area contributed by atoms with E-state index in [1.807, 2.05) is 0 Å². The number of hydrogen-bond acceptors (Lipinski definition) is 4. The Kier molecular flexibility index (Phi) is 6.34. The fourth-order valence-corrected chi connectivity index (χ4v) is 6.92. The van der Waals surface area contributed by atoms with Crippen LogP contribution in [0.2, 0.25) is 0 Å². The van der Waals surface area contributed by atoms with Crippen molar-refractivity contribution < 1.29 is 0 Å². The quantitative estimate of drug-likeness (QED) is 0.204. The lowest BCUT2D eigenvalue weighted by Crippen LogP contribution is -2.58. The van der Waals surface area contributed by atoms with E-state index in [-0.39, 0.29) is 12.3 Å². The summed E-state index contributed by atoms with van der Waals surface area (Å²) in [5, 5.41) is 0. The van der Waals surface area contributed by atoms with Gasteiger partial charge in [-0.1, -0.05) is 84.9 Å². The van der Waals surface area contributed by atoms with Crippen molar-refractivity contribution in [3.05, 3.63) is 169 Å². The van der Waals surface area contributed by atoms with Gasteiger partial charge in [0.25, 0.3) is 0 Å². The third kappa shape index (κ3) is 4.22. The first-order chi connectivity index (χ1) is 21.7. The minimum absolute atomic E-state index is 0.135. The topological polar surface area (TPSA) is 13.0 Å². The number of aryl methyl sites for hydroxylation is 2. The largest absolute Gasteiger partial charge is 0.314 e. The maximum Gasteiger partial charge on any atom is 0.151 e. The maximum atomic E-state index is 2.55. The van der Waals surface area contributed by atoms with Crippen LogP contribution in [0, 0.1) is 13.8 Å². The molecule has 6 aromatic rings. The first kappa shape index (κ1) is 26.2. The number of hydrogen-bond donors (Lipinski definition) is 0. The van der Waals surface area contributed by atoms with Gasteiger partial charge in [0.2, 0.25) is 0 Å². The summed E-state index contributed by atoms with van der Waals surface area (Å²) >= 11 is 0. The molecule has 4 heteroatoms. The molecule has 0 saturated heterocycles. The highest BCUT2D eigenvalue weighted by Crippen LogP contribution is 2.56. The summed E-state index contributed by atoms with van der Waals surface area (Å²) in [4.78, 5) is 10.2. The van der Waals surface area contributed by atoms with E-state index in [9.17, 15) is 0 Å². The van der Waals surface area contributed by atoms with Gasteiger partial charge in [0, 0.05) is 22.7 Å². The molecule has 2 heterocycles. The Morgan fingerprint density at radius 2 is 0.591 bits per heavy atom. The van der Waals surface area contributed by atoms with Crippen LogP contribution in [0.5, 0.6) is 0 Å². The minimum Gasteiger partial charge on any atom is -0.314 e. The number of nitrogens with zero attached hydrogens (tertiary/aromatic N) is 4. The second-order valence-corrected chi connectivity index (χ2v) is 11.6. The second kappa shape index (κ2) is 10.7. The maximum absolute atomic E-state index is 2.55. The predicted molar refractivity (Wildman–Crippen MR) is 184 cm³/mol. The summed E-state index contributed by atoms with van der Waals surface area (Å²) < 4.78 is 0. The Morgan fingerprint density at radius 1 is 0.318 bits per heavy atom. The summed E-state index contributed by atoms with van der Waals surface area (Å²) in [5.41, 5.74) is 11.9. The van der Waals surface area contributed by atoms with E-state index in [2.05, 4.69) is 191 Å². The van der Waals surface area contributed by atoms with Crippen molar-refractivity contribution in [2.24, 2.45) is 0 Å². The summed E-state index contributed by atoms with van der Waals surface area (Å²) in [6, 6.07) is 57.1. The van der Waals surface area contributed by atoms with Crippen LogP contribution in [0.4, 0.5) is 45.5 Å². The first-order valence-corrected chi connectivity index (χ1v) is 15.3. The van der Waals surface area contributed by atoms with Gasteiger partial charge in [0.05, 0.1) is 22.7 Å². The molecule has 0 fully saturated rings. The van der Waals surface area contributed by atoms with Crippen LogP contribution in [0.3, 0.4) is 0 Å². The van der Waals surface area contributed by atoms with Crippen molar-refractivity contribution >= 4 is 45.5 Å². The molecule has 8 rings (SSSR count). The van der Waals surface area contributed by atoms with Gasteiger partial charge >= 0.3 is 0 Å². The van der Waals surface area contributed by atoms with Gasteiger partial charge in [-0.05, 0) is 97.8 Å². The van der Waals surface area contributed by atoms with Gasteiger partial charge in [-0.2, -0.15) is 0 Å². The summed E-state index contributed by atoms with van der Waals surface area (Å²) in [6.45, 7) is 4.37. The van der Waals surface area contributed by atoms with Gasteiger partial charge < -0.3 is 19.6 Å². The van der Waals surface area contributed by atoms with Crippen LogP contribution in [-0.4, -0.2) is 12.3 Å². The second-order valence-electron chi connectivity index (χ2n) is 11.6. The lowest BCUT2D eigenvalue weighted by molar-refractivity contribution is 0.550. The fourth-order valence-electron chi connectivity index (χ4n) is 6.92. The first-order valence-electron chi connectivity index (χ1n) is 15.3. The molecule has 2 atom stereocenters. The van der Waals surface area contributed by atoms with Gasteiger partial charge in [0.15, 0.2) is 12.3 Å². The molecule has 44 heavy (non-hydrogen) atoms. The number of para-hydroxylation sites is 4. The number of benzene rings is 6. The number of fused-ring (bicyclic) bond motifs is 2. The van der Waals surface area contributed by atoms with Gasteiger partial charge in [-0.15, -0.1) is 0 Å². The van der Waals surface area contributed by atoms with Crippen LogP contribution >= 0.6 is 0 Å². The molecule has 4 nitrogen and oxygen atoms in total. The molecule has 0 spiro atoms. The Bertz CT molecular complexity index is 1770. The zero-order valence-electron chi connectivity index (χ0n) is 25.0. The Labute approximate surface area is 259 Å². The van der Waals surface area contributed by atoms with Crippen LogP contribution in [0.25, 0.3) is 0 Å². The zero-order valence-corrected chi connectivity index (χ0v) is 25.0. The molecule has 0 radical (unpaired) electrons. The van der Waals surface area contributed by atoms with Crippen LogP contribution in [-0.2, 0) is 0 Å². The van der Waals surface area contributed by atoms with Crippen LogP contribution in [0.1, 0.15) is 11.1 Å². The highest BCUT2D eigenvalue weighted by atomic mass is 15.5. The Hall–Kier alpha value is -5.48. The van der Waals surface area contributed by atoms with E-state index in [1.54, 1.807) is 0 Å². The number of anilines is 8. The molecule has 2 aliphatic heterocycles. The van der Waals surface area contributed by atoms with E-state index in [0.717, 1.165) is 22.7 Å². The van der Waals surface area contributed by atoms with Crippen LogP contribution in [0.15, 0.2) is 158 Å². The molecule has 0 N–H and O–H groups in total. The summed E-state index contributed by atoms with van der Waals surface area (Å²) in [5.74, 6) is 0. The third-order valence-electron chi connectivity index (χ3n) is 8.76. The molecule has 6 aromatic carbocycles. The van der Waals surface area contributed by atoms with Crippen molar-refractivity contribution in [1.29, 1.82) is 0 Å². The predicted octanol–water partition coefficient (Wildman–Crippen LogP) is 10.2. The Morgan fingerprint density at radius 3 is 0.886 bits per heavy atom. The van der Waals surface area contributed by atoms with E-state index < -0.39 is 0 Å². The van der Waals surface area contributed by atoms with Gasteiger partial charge in [-0.25, -0.2) is 0 Å². The lowest BCUT2D eigenvalue weighted by atomic mass is 10.1. The molecular formula is C40H34N4. The third-order valence-corrected chi connectivity index (χ3v) is 8.76. The molecule has 0 aliphatic carbocycles. The van der Waals surface area contributed by atoms with E-state index in [0.29, 0.717) is 0 Å². The van der Waals surface area contributed by atoms with Crippen molar-refractivity contribution in [2.75, 3.05) is 19.6 Å². The highest BCUT2D eigenvalue weighted by Gasteiger charge is 2.51. The minimum atomic E-state index is -0.135. The normalized spacial score (nSPS) is 17.1. The highest BCUT2D eigenvalue weighted by molar-refractivity contribution is 5.94. The SMILES string of the molecule is Cc1ccc2c(c1)N(c1ccccc1)C(C1N(c3ccccc3)c3ccc(C)cc3N1c1ccccc1)N2c1ccccc1. The standard InChI is InChI=1S/C40H34N4/c1-29-23-25-35-37(27-29)43(33-19-11-5-12-20-33)39(41(35)31-15-7-3-8-16-31)40-42(32-17-9-4-10-18-32)36-26-24-30(2)28-38(36)44(40)34-21-13-6-14-22-34/h3-28,39-40H,1-2H3. The summed E-state index contributed by atoms with van der Waals surface area (Å²) in [7, 11) is 0. The molecule has 0 aromatic heterocycles. The molecule has 2 unspecified atom stereocenters. The molecule has 214 valence electrons. The smallest absolute Gasteiger partial charge is 0.151 e. The molecule has 0 bridgehead atoms. The van der Waals surface area contributed by atoms with Gasteiger partial charge in [0.1, 0.15) is 0 Å². The van der Waals surface area contributed by atoms with Crippen molar-refractivity contribution in [2.45, 2.75) is 26.2 Å². The van der Waals surface area contributed by atoms with Crippen molar-refractivity contribution in [3.63, 3.8) is 0 Å². The van der Waals surface area contributed by atoms with E-state index >= 15 is 0 Å². The zero-order chi connectivity index (χ0) is 29.6. The fraction of sp³-hybridized carbons (Fsp3) is 0.100. The summed E-state index contributed by atoms with van der Waals surface area (Å²) in [6.07, 6.45) is -0.269. The van der Waals surface area contributed by atoms with Crippen molar-refractivity contribution in [1.82, 2.24) is 0 Å². The van der Waals surface area contributed by atoms with E-state index in [1.165, 1.54) is 33.9 Å².